The van der Waals surface area contributed by atoms with Crippen LogP contribution in [0.5, 0.6) is 0 Å². The number of benzene rings is 1. The summed E-state index contributed by atoms with van der Waals surface area (Å²) in [5, 5.41) is 19.4. The number of non-ortho nitro benzene ring substituents is 1. The zero-order valence-electron chi connectivity index (χ0n) is 10.9. The minimum atomic E-state index is -1.04. The Morgan fingerprint density at radius 3 is 2.75 bits per heavy atom. The van der Waals surface area contributed by atoms with Crippen molar-refractivity contribution in [2.24, 2.45) is 0 Å². The Morgan fingerprint density at radius 2 is 2.20 bits per heavy atom. The molecule has 1 aromatic rings. The number of halogens is 1. The first kappa shape index (κ1) is 16.0. The molecule has 8 heteroatoms. The lowest BCUT2D eigenvalue weighted by Crippen LogP contribution is -2.32. The summed E-state index contributed by atoms with van der Waals surface area (Å²) < 4.78 is 18.1. The van der Waals surface area contributed by atoms with E-state index in [1.54, 1.807) is 0 Å². The number of carboxylic acids is 1. The quantitative estimate of drug-likeness (QED) is 0.571. The molecule has 0 saturated carbocycles. The van der Waals surface area contributed by atoms with Crippen molar-refractivity contribution in [2.45, 2.75) is 6.54 Å². The van der Waals surface area contributed by atoms with E-state index in [2.05, 4.69) is 0 Å². The molecule has 1 rings (SSSR count). The van der Waals surface area contributed by atoms with E-state index in [4.69, 9.17) is 9.84 Å². The first-order valence-electron chi connectivity index (χ1n) is 5.79. The summed E-state index contributed by atoms with van der Waals surface area (Å²) in [6.07, 6.45) is 0. The first-order valence-corrected chi connectivity index (χ1v) is 5.79. The molecule has 0 unspecified atom stereocenters. The molecule has 0 aromatic heterocycles. The van der Waals surface area contributed by atoms with Crippen LogP contribution in [0.3, 0.4) is 0 Å². The molecule has 0 fully saturated rings. The van der Waals surface area contributed by atoms with Gasteiger partial charge in [0.1, 0.15) is 5.82 Å². The minimum absolute atomic E-state index is 0.0915. The summed E-state index contributed by atoms with van der Waals surface area (Å²) >= 11 is 0. The molecule has 0 saturated heterocycles. The van der Waals surface area contributed by atoms with Crippen LogP contribution in [0, 0.1) is 15.9 Å². The predicted molar refractivity (Wildman–Crippen MR) is 67.8 cm³/mol. The van der Waals surface area contributed by atoms with Crippen molar-refractivity contribution in [1.29, 1.82) is 0 Å². The standard InChI is InChI=1S/C12H15FN2O5/c1-20-3-2-14(8-12(16)17)7-9-4-10(13)6-11(5-9)15(18)19/h4-6H,2-3,7-8H2,1H3,(H,16,17). The van der Waals surface area contributed by atoms with E-state index in [0.29, 0.717) is 18.7 Å². The smallest absolute Gasteiger partial charge is 0.317 e. The Hall–Kier alpha value is -2.06. The Bertz CT molecular complexity index is 495. The SMILES string of the molecule is COCCN(CC(=O)O)Cc1cc(F)cc([N+](=O)[O-])c1. The van der Waals surface area contributed by atoms with Crippen molar-refractivity contribution in [1.82, 2.24) is 4.90 Å². The molecular weight excluding hydrogens is 271 g/mol. The number of carbonyl (C=O) groups is 1. The van der Waals surface area contributed by atoms with Gasteiger partial charge in [-0.1, -0.05) is 0 Å². The Kier molecular flexibility index (Phi) is 6.01. The van der Waals surface area contributed by atoms with E-state index in [1.165, 1.54) is 18.1 Å². The topological polar surface area (TPSA) is 92.9 Å². The highest BCUT2D eigenvalue weighted by atomic mass is 19.1. The van der Waals surface area contributed by atoms with E-state index < -0.39 is 16.7 Å². The number of nitrogens with zero attached hydrogens (tertiary/aromatic N) is 2. The van der Waals surface area contributed by atoms with Crippen LogP contribution in [0.4, 0.5) is 10.1 Å². The van der Waals surface area contributed by atoms with Gasteiger partial charge in [0.25, 0.3) is 5.69 Å². The second-order valence-electron chi connectivity index (χ2n) is 4.17. The number of nitro benzene ring substituents is 1. The summed E-state index contributed by atoms with van der Waals surface area (Å²) in [6, 6.07) is 3.19. The van der Waals surface area contributed by atoms with Crippen molar-refractivity contribution < 1.29 is 24.0 Å². The summed E-state index contributed by atoms with van der Waals surface area (Å²) in [7, 11) is 1.48. The van der Waals surface area contributed by atoms with E-state index >= 15 is 0 Å². The van der Waals surface area contributed by atoms with Gasteiger partial charge in [0.15, 0.2) is 0 Å². The van der Waals surface area contributed by atoms with Gasteiger partial charge < -0.3 is 9.84 Å². The number of rotatable bonds is 8. The average molecular weight is 286 g/mol. The number of aliphatic carboxylic acids is 1. The summed E-state index contributed by atoms with van der Waals surface area (Å²) in [5.41, 5.74) is -0.0175. The average Bonchev–Trinajstić information content (AvgIpc) is 2.34. The number of hydrogen-bond acceptors (Lipinski definition) is 5. The zero-order chi connectivity index (χ0) is 15.1. The lowest BCUT2D eigenvalue weighted by atomic mass is 10.2. The summed E-state index contributed by atoms with van der Waals surface area (Å²) in [6.45, 7) is 0.472. The lowest BCUT2D eigenvalue weighted by molar-refractivity contribution is -0.385. The molecule has 110 valence electrons. The zero-order valence-corrected chi connectivity index (χ0v) is 10.9. The highest BCUT2D eigenvalue weighted by Crippen LogP contribution is 2.17. The maximum atomic E-state index is 13.3. The van der Waals surface area contributed by atoms with Gasteiger partial charge in [0.05, 0.1) is 24.1 Å². The van der Waals surface area contributed by atoms with Crippen molar-refractivity contribution in [3.63, 3.8) is 0 Å². The van der Waals surface area contributed by atoms with Crippen LogP contribution >= 0.6 is 0 Å². The molecule has 20 heavy (non-hydrogen) atoms. The number of nitro groups is 1. The summed E-state index contributed by atoms with van der Waals surface area (Å²) in [5.74, 6) is -1.76. The summed E-state index contributed by atoms with van der Waals surface area (Å²) in [4.78, 5) is 22.2. The van der Waals surface area contributed by atoms with Gasteiger partial charge >= 0.3 is 5.97 Å². The van der Waals surface area contributed by atoms with E-state index in [9.17, 15) is 19.3 Å². The first-order chi connectivity index (χ1) is 9.42. The van der Waals surface area contributed by atoms with Crippen LogP contribution in [-0.4, -0.2) is 47.7 Å². The third-order valence-electron chi connectivity index (χ3n) is 2.53. The monoisotopic (exact) mass is 286 g/mol. The number of methoxy groups -OCH3 is 1. The van der Waals surface area contributed by atoms with Crippen LogP contribution in [-0.2, 0) is 16.1 Å². The van der Waals surface area contributed by atoms with Crippen molar-refractivity contribution in [2.75, 3.05) is 26.8 Å². The fourth-order valence-corrected chi connectivity index (χ4v) is 1.71. The fourth-order valence-electron chi connectivity index (χ4n) is 1.71. The van der Waals surface area contributed by atoms with Crippen molar-refractivity contribution >= 4 is 11.7 Å². The van der Waals surface area contributed by atoms with Crippen LogP contribution in [0.2, 0.25) is 0 Å². The van der Waals surface area contributed by atoms with Gasteiger partial charge in [-0.3, -0.25) is 19.8 Å². The third kappa shape index (κ3) is 5.29. The van der Waals surface area contributed by atoms with Crippen LogP contribution in [0.1, 0.15) is 5.56 Å². The molecule has 0 aliphatic rings. The number of hydrogen-bond donors (Lipinski definition) is 1. The Morgan fingerprint density at radius 1 is 1.50 bits per heavy atom. The second-order valence-corrected chi connectivity index (χ2v) is 4.17. The highest BCUT2D eigenvalue weighted by Gasteiger charge is 2.14. The van der Waals surface area contributed by atoms with Gasteiger partial charge in [0.2, 0.25) is 0 Å². The molecule has 0 radical (unpaired) electrons. The molecule has 0 bridgehead atoms. The molecule has 0 heterocycles. The van der Waals surface area contributed by atoms with Crippen LogP contribution < -0.4 is 0 Å². The van der Waals surface area contributed by atoms with E-state index in [0.717, 1.165) is 12.1 Å². The molecule has 0 spiro atoms. The van der Waals surface area contributed by atoms with Gasteiger partial charge in [-0.2, -0.15) is 0 Å². The van der Waals surface area contributed by atoms with E-state index in [1.807, 2.05) is 0 Å². The lowest BCUT2D eigenvalue weighted by Gasteiger charge is -2.19. The molecule has 1 N–H and O–H groups in total. The van der Waals surface area contributed by atoms with Crippen molar-refractivity contribution in [3.05, 3.63) is 39.7 Å². The molecule has 0 aliphatic carbocycles. The van der Waals surface area contributed by atoms with Gasteiger partial charge in [-0.15, -0.1) is 0 Å². The normalized spacial score (nSPS) is 10.8. The van der Waals surface area contributed by atoms with Crippen LogP contribution in [0.15, 0.2) is 18.2 Å². The molecule has 7 nitrogen and oxygen atoms in total. The maximum absolute atomic E-state index is 13.3. The third-order valence-corrected chi connectivity index (χ3v) is 2.53. The highest BCUT2D eigenvalue weighted by molar-refractivity contribution is 5.69. The van der Waals surface area contributed by atoms with Gasteiger partial charge in [-0.05, 0) is 11.6 Å². The maximum Gasteiger partial charge on any atom is 0.317 e. The van der Waals surface area contributed by atoms with Crippen LogP contribution in [0.25, 0.3) is 0 Å². The fraction of sp³-hybridized carbons (Fsp3) is 0.417. The minimum Gasteiger partial charge on any atom is -0.480 e. The largest absolute Gasteiger partial charge is 0.480 e. The Labute approximate surface area is 114 Å². The van der Waals surface area contributed by atoms with E-state index in [-0.39, 0.29) is 18.8 Å². The molecule has 0 amide bonds. The second kappa shape index (κ2) is 7.51. The molecule has 0 atom stereocenters. The molecular formula is C12H15FN2O5. The van der Waals surface area contributed by atoms with Crippen molar-refractivity contribution in [3.8, 4) is 0 Å². The van der Waals surface area contributed by atoms with Gasteiger partial charge in [-0.25, -0.2) is 4.39 Å². The number of ether oxygens (including phenoxy) is 1. The predicted octanol–water partition coefficient (Wildman–Crippen LogP) is 1.27. The van der Waals surface area contributed by atoms with Gasteiger partial charge in [0, 0.05) is 26.3 Å². The molecule has 1 aromatic carbocycles. The molecule has 0 aliphatic heterocycles. The number of carboxylic acid groups (broad SMARTS) is 1. The Balaban J connectivity index is 2.86.